The molecule has 104 valence electrons. The third-order valence-electron chi connectivity index (χ3n) is 2.51. The van der Waals surface area contributed by atoms with Gasteiger partial charge < -0.3 is 5.11 Å². The molecule has 0 aliphatic carbocycles. The van der Waals surface area contributed by atoms with E-state index in [1.807, 2.05) is 30.3 Å². The lowest BCUT2D eigenvalue weighted by molar-refractivity contribution is -0.163. The number of hydrogen-bond donors (Lipinski definition) is 2. The fraction of sp³-hybridized carbons (Fsp3) is 0.429. The van der Waals surface area contributed by atoms with Gasteiger partial charge in [0.25, 0.3) is 0 Å². The van der Waals surface area contributed by atoms with Crippen molar-refractivity contribution in [1.29, 1.82) is 0 Å². The molecule has 19 heavy (non-hydrogen) atoms. The molecule has 0 fully saturated rings. The van der Waals surface area contributed by atoms with E-state index in [-0.39, 0.29) is 12.3 Å². The molecule has 0 bridgehead atoms. The summed E-state index contributed by atoms with van der Waals surface area (Å²) in [6.07, 6.45) is -0.908. The van der Waals surface area contributed by atoms with Crippen LogP contribution in [0.3, 0.4) is 0 Å². The van der Waals surface area contributed by atoms with Gasteiger partial charge in [-0.2, -0.15) is 0 Å². The van der Waals surface area contributed by atoms with Crippen molar-refractivity contribution in [2.24, 2.45) is 5.41 Å². The van der Waals surface area contributed by atoms with Gasteiger partial charge in [-0.05, 0) is 5.56 Å². The van der Waals surface area contributed by atoms with Crippen molar-refractivity contribution in [2.45, 2.75) is 33.3 Å². The number of aliphatic carboxylic acids is 1. The number of nitrogens with one attached hydrogen (secondary N) is 1. The Bertz CT molecular complexity index is 437. The van der Waals surface area contributed by atoms with Crippen LogP contribution in [0.4, 0.5) is 0 Å². The van der Waals surface area contributed by atoms with Crippen LogP contribution in [0.25, 0.3) is 0 Å². The number of carboxylic acid groups (broad SMARTS) is 1. The summed E-state index contributed by atoms with van der Waals surface area (Å²) in [6.45, 7) is 5.16. The molecule has 0 saturated heterocycles. The minimum atomic E-state index is -1.11. The Morgan fingerprint density at radius 2 is 1.84 bits per heavy atom. The fourth-order valence-corrected chi connectivity index (χ4v) is 1.29. The van der Waals surface area contributed by atoms with Gasteiger partial charge in [0.1, 0.15) is 0 Å². The highest BCUT2D eigenvalue weighted by Crippen LogP contribution is 2.13. The monoisotopic (exact) mass is 265 g/mol. The minimum absolute atomic E-state index is 0.195. The first kappa shape index (κ1) is 15.2. The van der Waals surface area contributed by atoms with Crippen LogP contribution in [0.1, 0.15) is 26.3 Å². The maximum absolute atomic E-state index is 11.6. The molecular formula is C14H19NO4. The molecule has 0 radical (unpaired) electrons. The van der Waals surface area contributed by atoms with E-state index in [4.69, 9.17) is 9.94 Å². The highest BCUT2D eigenvalue weighted by atomic mass is 16.7. The van der Waals surface area contributed by atoms with Crippen LogP contribution in [0.5, 0.6) is 0 Å². The Hall–Kier alpha value is -1.88. The largest absolute Gasteiger partial charge is 0.479 e. The zero-order valence-electron chi connectivity index (χ0n) is 11.3. The van der Waals surface area contributed by atoms with Crippen LogP contribution in [0.15, 0.2) is 30.3 Å². The van der Waals surface area contributed by atoms with E-state index < -0.39 is 17.5 Å². The maximum Gasteiger partial charge on any atom is 0.335 e. The van der Waals surface area contributed by atoms with Gasteiger partial charge in [-0.1, -0.05) is 51.1 Å². The number of carbonyl (C=O) groups is 2. The van der Waals surface area contributed by atoms with E-state index in [9.17, 15) is 9.59 Å². The van der Waals surface area contributed by atoms with Crippen molar-refractivity contribution in [3.63, 3.8) is 0 Å². The lowest BCUT2D eigenvalue weighted by Crippen LogP contribution is -2.40. The van der Waals surface area contributed by atoms with Gasteiger partial charge in [0.15, 0.2) is 6.10 Å². The van der Waals surface area contributed by atoms with Crippen LogP contribution in [0, 0.1) is 5.41 Å². The normalized spacial score (nSPS) is 12.8. The van der Waals surface area contributed by atoms with Gasteiger partial charge >= 0.3 is 5.97 Å². The number of rotatable bonds is 5. The van der Waals surface area contributed by atoms with Crippen LogP contribution >= 0.6 is 0 Å². The predicted octanol–water partition coefficient (Wildman–Crippen LogP) is 1.78. The van der Waals surface area contributed by atoms with Gasteiger partial charge in [-0.25, -0.2) is 10.3 Å². The highest BCUT2D eigenvalue weighted by Gasteiger charge is 2.25. The average molecular weight is 265 g/mol. The third kappa shape index (κ3) is 5.09. The van der Waals surface area contributed by atoms with Crippen molar-refractivity contribution in [1.82, 2.24) is 5.48 Å². The van der Waals surface area contributed by atoms with Crippen molar-refractivity contribution in [3.8, 4) is 0 Å². The standard InChI is InChI=1S/C14H19NO4/c1-14(2,3)13(18)15-19-11(12(16)17)9-10-7-5-4-6-8-10/h4-8,11H,9H2,1-3H3,(H,15,18)(H,16,17). The van der Waals surface area contributed by atoms with Gasteiger partial charge in [-0.15, -0.1) is 0 Å². The SMILES string of the molecule is CC(C)(C)C(=O)NOC(Cc1ccccc1)C(=O)O. The molecule has 5 nitrogen and oxygen atoms in total. The molecule has 0 saturated carbocycles. The van der Waals surface area contributed by atoms with Gasteiger partial charge in [0.2, 0.25) is 5.91 Å². The second-order valence-corrected chi connectivity index (χ2v) is 5.32. The van der Waals surface area contributed by atoms with E-state index in [1.54, 1.807) is 20.8 Å². The van der Waals surface area contributed by atoms with E-state index >= 15 is 0 Å². The van der Waals surface area contributed by atoms with E-state index in [2.05, 4.69) is 5.48 Å². The summed E-state index contributed by atoms with van der Waals surface area (Å²) in [7, 11) is 0. The number of amides is 1. The zero-order valence-corrected chi connectivity index (χ0v) is 11.3. The second-order valence-electron chi connectivity index (χ2n) is 5.32. The summed E-state index contributed by atoms with van der Waals surface area (Å²) in [5.41, 5.74) is 2.41. The first-order valence-corrected chi connectivity index (χ1v) is 6.03. The third-order valence-corrected chi connectivity index (χ3v) is 2.51. The summed E-state index contributed by atoms with van der Waals surface area (Å²) in [5.74, 6) is -1.47. The summed E-state index contributed by atoms with van der Waals surface area (Å²) in [4.78, 5) is 27.7. The van der Waals surface area contributed by atoms with Crippen LogP contribution in [0.2, 0.25) is 0 Å². The molecule has 1 amide bonds. The van der Waals surface area contributed by atoms with E-state index in [0.717, 1.165) is 5.56 Å². The Kier molecular flexibility index (Phi) is 5.06. The van der Waals surface area contributed by atoms with Gasteiger partial charge in [0, 0.05) is 11.8 Å². The van der Waals surface area contributed by atoms with E-state index in [1.165, 1.54) is 0 Å². The van der Waals surface area contributed by atoms with Crippen LogP contribution < -0.4 is 5.48 Å². The topological polar surface area (TPSA) is 75.6 Å². The molecule has 1 aromatic carbocycles. The first-order valence-electron chi connectivity index (χ1n) is 6.03. The summed E-state index contributed by atoms with van der Waals surface area (Å²) in [6, 6.07) is 9.11. The Morgan fingerprint density at radius 3 is 2.32 bits per heavy atom. The summed E-state index contributed by atoms with van der Waals surface area (Å²) >= 11 is 0. The van der Waals surface area contributed by atoms with Crippen molar-refractivity contribution in [3.05, 3.63) is 35.9 Å². The quantitative estimate of drug-likeness (QED) is 0.796. The van der Waals surface area contributed by atoms with Crippen molar-refractivity contribution >= 4 is 11.9 Å². The molecule has 0 aromatic heterocycles. The molecule has 5 heteroatoms. The van der Waals surface area contributed by atoms with Crippen molar-refractivity contribution < 1.29 is 19.5 Å². The Labute approximate surface area is 112 Å². The minimum Gasteiger partial charge on any atom is -0.479 e. The van der Waals surface area contributed by atoms with Gasteiger partial charge in [-0.3, -0.25) is 9.63 Å². The van der Waals surface area contributed by atoms with Gasteiger partial charge in [0.05, 0.1) is 0 Å². The van der Waals surface area contributed by atoms with Crippen LogP contribution in [-0.4, -0.2) is 23.1 Å². The molecule has 0 aliphatic heterocycles. The molecule has 0 spiro atoms. The molecule has 2 N–H and O–H groups in total. The summed E-state index contributed by atoms with van der Waals surface area (Å²) in [5, 5.41) is 9.07. The number of carboxylic acids is 1. The number of hydrogen-bond acceptors (Lipinski definition) is 3. The molecule has 1 rings (SSSR count). The second kappa shape index (κ2) is 6.33. The Balaban J connectivity index is 2.60. The fourth-order valence-electron chi connectivity index (χ4n) is 1.29. The zero-order chi connectivity index (χ0) is 14.5. The summed E-state index contributed by atoms with van der Waals surface area (Å²) < 4.78 is 0. The van der Waals surface area contributed by atoms with Crippen LogP contribution in [-0.2, 0) is 20.8 Å². The smallest absolute Gasteiger partial charge is 0.335 e. The number of hydroxylamine groups is 1. The average Bonchev–Trinajstić information content (AvgIpc) is 2.33. The lowest BCUT2D eigenvalue weighted by Gasteiger charge is -2.20. The number of benzene rings is 1. The number of carbonyl (C=O) groups excluding carboxylic acids is 1. The first-order chi connectivity index (χ1) is 8.80. The maximum atomic E-state index is 11.6. The molecule has 0 heterocycles. The lowest BCUT2D eigenvalue weighted by atomic mass is 9.96. The Morgan fingerprint density at radius 1 is 1.26 bits per heavy atom. The highest BCUT2D eigenvalue weighted by molar-refractivity contribution is 5.80. The molecular weight excluding hydrogens is 246 g/mol. The van der Waals surface area contributed by atoms with Crippen molar-refractivity contribution in [2.75, 3.05) is 0 Å². The molecule has 1 unspecified atom stereocenters. The molecule has 0 aliphatic rings. The molecule has 1 atom stereocenters. The van der Waals surface area contributed by atoms with E-state index in [0.29, 0.717) is 0 Å². The predicted molar refractivity (Wildman–Crippen MR) is 70.3 cm³/mol. The molecule has 1 aromatic rings.